The Morgan fingerprint density at radius 3 is 2.16 bits per heavy atom. The van der Waals surface area contributed by atoms with Crippen LogP contribution >= 0.6 is 11.3 Å². The van der Waals surface area contributed by atoms with Gasteiger partial charge in [0.2, 0.25) is 0 Å². The van der Waals surface area contributed by atoms with Gasteiger partial charge in [0.1, 0.15) is 23.2 Å². The molecule has 0 aliphatic heterocycles. The summed E-state index contributed by atoms with van der Waals surface area (Å²) < 4.78 is 49.4. The van der Waals surface area contributed by atoms with Gasteiger partial charge in [-0.05, 0) is 51.0 Å². The van der Waals surface area contributed by atoms with E-state index in [1.807, 2.05) is 13.7 Å². The first kappa shape index (κ1) is 29.2. The summed E-state index contributed by atoms with van der Waals surface area (Å²) in [4.78, 5) is 31.5. The summed E-state index contributed by atoms with van der Waals surface area (Å²) in [6.45, 7) is 8.38. The predicted octanol–water partition coefficient (Wildman–Crippen LogP) is 4.48. The van der Waals surface area contributed by atoms with Gasteiger partial charge in [-0.1, -0.05) is 19.4 Å². The maximum absolute atomic E-state index is 13.1. The van der Waals surface area contributed by atoms with Crippen molar-refractivity contribution in [3.8, 4) is 0 Å². The first-order valence-corrected chi connectivity index (χ1v) is 10.1. The molecule has 1 aromatic carbocycles. The molecule has 32 heavy (non-hydrogen) atoms. The van der Waals surface area contributed by atoms with Crippen LogP contribution < -0.4 is 11.1 Å². The quantitative estimate of drug-likeness (QED) is 0.551. The fraction of sp³-hybridized carbons (Fsp3) is 0.381. The zero-order valence-electron chi connectivity index (χ0n) is 18.1. The second-order valence-electron chi connectivity index (χ2n) is 7.03. The van der Waals surface area contributed by atoms with E-state index in [-0.39, 0.29) is 5.56 Å². The number of rotatable bonds is 5. The molecule has 11 heteroatoms. The second-order valence-corrected chi connectivity index (χ2v) is 8.29. The molecule has 0 aliphatic carbocycles. The number of halogens is 4. The van der Waals surface area contributed by atoms with E-state index in [2.05, 4.69) is 5.32 Å². The minimum atomic E-state index is -4.47. The molecular weight excluding hydrogens is 452 g/mol. The maximum atomic E-state index is 13.1. The number of anilines is 1. The molecule has 2 amide bonds. The van der Waals surface area contributed by atoms with Gasteiger partial charge in [-0.2, -0.15) is 13.2 Å². The van der Waals surface area contributed by atoms with Gasteiger partial charge < -0.3 is 21.0 Å². The SMILES string of the molecule is C=O.CCCc1ccc(C(F)(F)F)cc1F.Cc1cc(C(N)=O)c(NC(=O)C(C)(C)O)s1. The summed E-state index contributed by atoms with van der Waals surface area (Å²) in [5.74, 6) is -1.95. The Bertz CT molecular complexity index is 921. The highest BCUT2D eigenvalue weighted by atomic mass is 32.1. The lowest BCUT2D eigenvalue weighted by Gasteiger charge is -2.16. The van der Waals surface area contributed by atoms with Gasteiger partial charge in [0, 0.05) is 4.88 Å². The molecule has 0 radical (unpaired) electrons. The van der Waals surface area contributed by atoms with Gasteiger partial charge in [-0.3, -0.25) is 9.59 Å². The molecule has 1 heterocycles. The van der Waals surface area contributed by atoms with Crippen LogP contribution in [0.4, 0.5) is 22.6 Å². The second kappa shape index (κ2) is 12.3. The largest absolute Gasteiger partial charge is 0.416 e. The van der Waals surface area contributed by atoms with E-state index >= 15 is 0 Å². The number of hydrogen-bond acceptors (Lipinski definition) is 5. The summed E-state index contributed by atoms with van der Waals surface area (Å²) in [5.41, 5.74) is 3.34. The summed E-state index contributed by atoms with van der Waals surface area (Å²) in [5, 5.41) is 12.3. The van der Waals surface area contributed by atoms with Crippen molar-refractivity contribution < 1.29 is 37.1 Å². The summed E-state index contributed by atoms with van der Waals surface area (Å²) in [6.07, 6.45) is -3.29. The molecule has 0 saturated heterocycles. The predicted molar refractivity (Wildman–Crippen MR) is 115 cm³/mol. The average Bonchev–Trinajstić information content (AvgIpc) is 3.04. The lowest BCUT2D eigenvalue weighted by atomic mass is 10.1. The molecule has 0 saturated carbocycles. The monoisotopic (exact) mass is 478 g/mol. The number of hydrogen-bond donors (Lipinski definition) is 3. The normalized spacial score (nSPS) is 10.9. The lowest BCUT2D eigenvalue weighted by Crippen LogP contribution is -2.36. The van der Waals surface area contributed by atoms with E-state index in [1.165, 1.54) is 31.3 Å². The van der Waals surface area contributed by atoms with Gasteiger partial charge in [-0.15, -0.1) is 11.3 Å². The molecule has 0 unspecified atom stereocenters. The molecule has 0 fully saturated rings. The van der Waals surface area contributed by atoms with Crippen molar-refractivity contribution in [3.05, 3.63) is 51.7 Å². The Balaban J connectivity index is 0.000000561. The van der Waals surface area contributed by atoms with Crippen LogP contribution in [0.15, 0.2) is 24.3 Å². The number of carbonyl (C=O) groups is 3. The first-order chi connectivity index (χ1) is 14.7. The smallest absolute Gasteiger partial charge is 0.381 e. The van der Waals surface area contributed by atoms with Crippen molar-refractivity contribution in [2.75, 3.05) is 5.32 Å². The molecule has 2 aromatic rings. The van der Waals surface area contributed by atoms with E-state index in [0.717, 1.165) is 10.9 Å². The van der Waals surface area contributed by atoms with Crippen molar-refractivity contribution in [1.82, 2.24) is 0 Å². The van der Waals surface area contributed by atoms with Crippen LogP contribution in [0.25, 0.3) is 0 Å². The topological polar surface area (TPSA) is 109 Å². The van der Waals surface area contributed by atoms with Crippen molar-refractivity contribution in [2.24, 2.45) is 5.73 Å². The van der Waals surface area contributed by atoms with Crippen LogP contribution in [0.5, 0.6) is 0 Å². The van der Waals surface area contributed by atoms with Crippen LogP contribution in [0, 0.1) is 12.7 Å². The fourth-order valence-electron chi connectivity index (χ4n) is 2.24. The van der Waals surface area contributed by atoms with Gasteiger partial charge in [0.15, 0.2) is 0 Å². The fourth-order valence-corrected chi connectivity index (χ4v) is 3.15. The first-order valence-electron chi connectivity index (χ1n) is 9.25. The third-order valence-electron chi connectivity index (χ3n) is 3.80. The summed E-state index contributed by atoms with van der Waals surface area (Å²) in [7, 11) is 0. The number of thiophene rings is 1. The molecule has 2 rings (SSSR count). The van der Waals surface area contributed by atoms with Crippen LogP contribution in [-0.2, 0) is 22.2 Å². The van der Waals surface area contributed by atoms with Crippen molar-refractivity contribution >= 4 is 34.9 Å². The lowest BCUT2D eigenvalue weighted by molar-refractivity contribution is -0.137. The van der Waals surface area contributed by atoms with E-state index < -0.39 is 35.0 Å². The number of nitrogens with one attached hydrogen (secondary N) is 1. The third kappa shape index (κ3) is 9.15. The summed E-state index contributed by atoms with van der Waals surface area (Å²) >= 11 is 1.24. The molecule has 4 N–H and O–H groups in total. The number of benzene rings is 1. The maximum Gasteiger partial charge on any atom is 0.416 e. The van der Waals surface area contributed by atoms with E-state index in [4.69, 9.17) is 10.5 Å². The highest BCUT2D eigenvalue weighted by molar-refractivity contribution is 7.16. The van der Waals surface area contributed by atoms with E-state index in [1.54, 1.807) is 13.0 Å². The highest BCUT2D eigenvalue weighted by Gasteiger charge is 2.31. The van der Waals surface area contributed by atoms with Crippen molar-refractivity contribution in [3.63, 3.8) is 0 Å². The molecule has 0 atom stereocenters. The number of nitrogens with two attached hydrogens (primary N) is 1. The minimum absolute atomic E-state index is 0.264. The Labute approximate surface area is 187 Å². The number of aliphatic hydroxyl groups is 1. The van der Waals surface area contributed by atoms with E-state index in [0.29, 0.717) is 29.5 Å². The number of carbonyl (C=O) groups excluding carboxylic acids is 3. The molecule has 1 aromatic heterocycles. The van der Waals surface area contributed by atoms with Crippen LogP contribution in [-0.4, -0.2) is 29.3 Å². The number of alkyl halides is 3. The summed E-state index contributed by atoms with van der Waals surface area (Å²) in [6, 6.07) is 4.26. The molecule has 178 valence electrons. The number of amides is 2. The Morgan fingerprint density at radius 1 is 1.19 bits per heavy atom. The highest BCUT2D eigenvalue weighted by Crippen LogP contribution is 2.30. The van der Waals surface area contributed by atoms with Gasteiger partial charge in [0.25, 0.3) is 11.8 Å². The number of primary amides is 1. The Hall–Kier alpha value is -2.79. The van der Waals surface area contributed by atoms with Crippen LogP contribution in [0.3, 0.4) is 0 Å². The van der Waals surface area contributed by atoms with Crippen LogP contribution in [0.2, 0.25) is 0 Å². The average molecular weight is 479 g/mol. The van der Waals surface area contributed by atoms with Crippen molar-refractivity contribution in [1.29, 1.82) is 0 Å². The van der Waals surface area contributed by atoms with Crippen LogP contribution in [0.1, 0.15) is 53.6 Å². The zero-order chi connectivity index (χ0) is 25.3. The van der Waals surface area contributed by atoms with Gasteiger partial charge >= 0.3 is 6.18 Å². The Kier molecular flexibility index (Phi) is 11.2. The van der Waals surface area contributed by atoms with Crippen molar-refractivity contribution in [2.45, 2.75) is 52.3 Å². The van der Waals surface area contributed by atoms with Gasteiger partial charge in [-0.25, -0.2) is 4.39 Å². The minimum Gasteiger partial charge on any atom is -0.381 e. The molecule has 0 spiro atoms. The molecule has 6 nitrogen and oxygen atoms in total. The molecular formula is C21H26F4N2O4S. The number of aryl methyl sites for hydroxylation is 2. The zero-order valence-corrected chi connectivity index (χ0v) is 18.9. The molecule has 0 aliphatic rings. The standard InChI is InChI=1S/C10H10F4.C10H14N2O3S.CH2O/c1-2-3-7-4-5-8(6-9(7)11)10(12,13)14;1-5-4-6(7(11)13)8(16-5)12-9(14)10(2,3)15;1-2/h4-6H,2-3H2,1H3;4,15H,1-3H3,(H2,11,13)(H,12,14);1H2. The van der Waals surface area contributed by atoms with Gasteiger partial charge in [0.05, 0.1) is 11.1 Å². The third-order valence-corrected chi connectivity index (χ3v) is 4.77. The molecule has 0 bridgehead atoms. The Morgan fingerprint density at radius 2 is 1.75 bits per heavy atom. The van der Waals surface area contributed by atoms with E-state index in [9.17, 15) is 32.3 Å².